The molecule has 0 bridgehead atoms. The molecule has 0 aliphatic rings. The summed E-state index contributed by atoms with van der Waals surface area (Å²) in [5, 5.41) is 6.40. The fourth-order valence-corrected chi connectivity index (χ4v) is 3.42. The number of methoxy groups -OCH3 is 2. The summed E-state index contributed by atoms with van der Waals surface area (Å²) in [6, 6.07) is 5.19. The summed E-state index contributed by atoms with van der Waals surface area (Å²) in [4.78, 5) is 21.3. The molecule has 26 heavy (non-hydrogen) atoms. The molecular weight excluding hydrogens is 372 g/mol. The molecule has 0 aliphatic heterocycles. The largest absolute Gasteiger partial charge is 0.481 e. The SMILES string of the molecule is COc1cc(OC)nc(SC(/C=N/NC(=O)c2cccs2)C(C)(C)C)n1. The normalized spacial score (nSPS) is 12.8. The summed E-state index contributed by atoms with van der Waals surface area (Å²) in [5.74, 6) is 0.623. The molecule has 9 heteroatoms. The number of thiophene rings is 1. The number of carbonyl (C=O) groups is 1. The first-order valence-corrected chi connectivity index (χ1v) is 9.60. The zero-order valence-electron chi connectivity index (χ0n) is 15.3. The lowest BCUT2D eigenvalue weighted by Crippen LogP contribution is -2.27. The zero-order chi connectivity index (χ0) is 19.2. The van der Waals surface area contributed by atoms with Crippen molar-refractivity contribution in [2.75, 3.05) is 14.2 Å². The molecule has 0 radical (unpaired) electrons. The van der Waals surface area contributed by atoms with Crippen molar-refractivity contribution < 1.29 is 14.3 Å². The highest BCUT2D eigenvalue weighted by molar-refractivity contribution is 8.00. The van der Waals surface area contributed by atoms with Crippen LogP contribution in [0.5, 0.6) is 11.8 Å². The third kappa shape index (κ3) is 5.70. The summed E-state index contributed by atoms with van der Waals surface area (Å²) in [6.45, 7) is 6.24. The van der Waals surface area contributed by atoms with Crippen LogP contribution in [0.3, 0.4) is 0 Å². The number of amides is 1. The van der Waals surface area contributed by atoms with E-state index in [1.165, 1.54) is 23.1 Å². The molecule has 0 aromatic carbocycles. The van der Waals surface area contributed by atoms with Gasteiger partial charge in [-0.3, -0.25) is 4.79 Å². The Kier molecular flexibility index (Phi) is 6.98. The van der Waals surface area contributed by atoms with E-state index in [4.69, 9.17) is 9.47 Å². The van der Waals surface area contributed by atoms with Crippen molar-refractivity contribution in [1.29, 1.82) is 0 Å². The van der Waals surface area contributed by atoms with Gasteiger partial charge >= 0.3 is 0 Å². The first-order valence-electron chi connectivity index (χ1n) is 7.84. The van der Waals surface area contributed by atoms with E-state index >= 15 is 0 Å². The highest BCUT2D eigenvalue weighted by atomic mass is 32.2. The molecular formula is C17H22N4O3S2. The van der Waals surface area contributed by atoms with Gasteiger partial charge in [-0.25, -0.2) is 5.43 Å². The Hall–Kier alpha value is -2.13. The second kappa shape index (κ2) is 9.00. The van der Waals surface area contributed by atoms with Crippen LogP contribution >= 0.6 is 23.1 Å². The van der Waals surface area contributed by atoms with Gasteiger partial charge in [-0.05, 0) is 16.9 Å². The third-order valence-electron chi connectivity index (χ3n) is 3.28. The summed E-state index contributed by atoms with van der Waals surface area (Å²) < 4.78 is 10.4. The lowest BCUT2D eigenvalue weighted by Gasteiger charge is -2.26. The van der Waals surface area contributed by atoms with Crippen molar-refractivity contribution in [3.05, 3.63) is 28.5 Å². The van der Waals surface area contributed by atoms with Gasteiger partial charge in [0.15, 0.2) is 5.16 Å². The summed E-state index contributed by atoms with van der Waals surface area (Å²) >= 11 is 2.79. The van der Waals surface area contributed by atoms with E-state index < -0.39 is 0 Å². The van der Waals surface area contributed by atoms with Gasteiger partial charge in [-0.15, -0.1) is 11.3 Å². The minimum Gasteiger partial charge on any atom is -0.481 e. The van der Waals surface area contributed by atoms with Crippen molar-refractivity contribution in [3.63, 3.8) is 0 Å². The highest BCUT2D eigenvalue weighted by Crippen LogP contribution is 2.34. The molecule has 1 atom stereocenters. The Morgan fingerprint density at radius 3 is 2.46 bits per heavy atom. The van der Waals surface area contributed by atoms with Gasteiger partial charge in [0, 0.05) is 6.21 Å². The van der Waals surface area contributed by atoms with E-state index in [1.54, 1.807) is 32.6 Å². The molecule has 0 saturated carbocycles. The zero-order valence-corrected chi connectivity index (χ0v) is 17.0. The van der Waals surface area contributed by atoms with Gasteiger partial charge < -0.3 is 9.47 Å². The van der Waals surface area contributed by atoms with Gasteiger partial charge in [0.1, 0.15) is 0 Å². The maximum atomic E-state index is 12.0. The Labute approximate surface area is 161 Å². The molecule has 1 N–H and O–H groups in total. The number of ether oxygens (including phenoxy) is 2. The molecule has 1 amide bonds. The number of hydrogen-bond acceptors (Lipinski definition) is 8. The van der Waals surface area contributed by atoms with Crippen molar-refractivity contribution in [3.8, 4) is 11.8 Å². The topological polar surface area (TPSA) is 85.7 Å². The van der Waals surface area contributed by atoms with Crippen molar-refractivity contribution >= 4 is 35.2 Å². The fourth-order valence-electron chi connectivity index (χ4n) is 1.82. The lowest BCUT2D eigenvalue weighted by molar-refractivity contribution is 0.0959. The highest BCUT2D eigenvalue weighted by Gasteiger charge is 2.26. The van der Waals surface area contributed by atoms with Gasteiger partial charge in [0.25, 0.3) is 5.91 Å². The molecule has 0 saturated heterocycles. The number of nitrogens with one attached hydrogen (secondary N) is 1. The smallest absolute Gasteiger partial charge is 0.281 e. The number of carbonyl (C=O) groups excluding carboxylic acids is 1. The molecule has 2 heterocycles. The second-order valence-electron chi connectivity index (χ2n) is 6.34. The van der Waals surface area contributed by atoms with E-state index in [-0.39, 0.29) is 16.6 Å². The molecule has 2 aromatic rings. The summed E-state index contributed by atoms with van der Waals surface area (Å²) in [5.41, 5.74) is 2.42. The lowest BCUT2D eigenvalue weighted by atomic mass is 9.92. The Morgan fingerprint density at radius 2 is 1.96 bits per heavy atom. The number of hydrazone groups is 1. The standard InChI is InChI=1S/C17H22N4O3S2/c1-17(2,3)12(10-18-21-15(22)11-7-6-8-25-11)26-16-19-13(23-4)9-14(20-16)24-5/h6-10,12H,1-5H3,(H,21,22)/b18-10+. The predicted octanol–water partition coefficient (Wildman–Crippen LogP) is 3.48. The molecule has 0 spiro atoms. The predicted molar refractivity (Wildman–Crippen MR) is 105 cm³/mol. The quantitative estimate of drug-likeness (QED) is 0.335. The minimum atomic E-state index is -0.229. The first-order chi connectivity index (χ1) is 12.3. The van der Waals surface area contributed by atoms with Crippen LogP contribution in [0.4, 0.5) is 0 Å². The number of thioether (sulfide) groups is 1. The average molecular weight is 395 g/mol. The molecule has 7 nitrogen and oxygen atoms in total. The van der Waals surface area contributed by atoms with Crippen LogP contribution in [0.25, 0.3) is 0 Å². The van der Waals surface area contributed by atoms with Crippen molar-refractivity contribution in [1.82, 2.24) is 15.4 Å². The van der Waals surface area contributed by atoms with Crippen LogP contribution in [0.1, 0.15) is 30.4 Å². The third-order valence-corrected chi connectivity index (χ3v) is 5.63. The van der Waals surface area contributed by atoms with E-state index in [0.29, 0.717) is 21.8 Å². The van der Waals surface area contributed by atoms with Crippen LogP contribution in [0.2, 0.25) is 0 Å². The molecule has 2 rings (SSSR count). The molecule has 1 unspecified atom stereocenters. The monoisotopic (exact) mass is 394 g/mol. The van der Waals surface area contributed by atoms with E-state index in [0.717, 1.165) is 0 Å². The summed E-state index contributed by atoms with van der Waals surface area (Å²) in [7, 11) is 3.08. The van der Waals surface area contributed by atoms with Crippen LogP contribution in [-0.2, 0) is 0 Å². The Balaban J connectivity index is 2.13. The van der Waals surface area contributed by atoms with Crippen LogP contribution in [-0.4, -0.2) is 41.6 Å². The minimum absolute atomic E-state index is 0.0806. The Bertz CT molecular complexity index is 736. The van der Waals surface area contributed by atoms with Gasteiger partial charge in [-0.1, -0.05) is 38.6 Å². The number of aromatic nitrogens is 2. The molecule has 2 aromatic heterocycles. The average Bonchev–Trinajstić information content (AvgIpc) is 3.14. The van der Waals surface area contributed by atoms with E-state index in [2.05, 4.69) is 41.3 Å². The van der Waals surface area contributed by atoms with Crippen molar-refractivity contribution in [2.45, 2.75) is 31.2 Å². The van der Waals surface area contributed by atoms with Crippen molar-refractivity contribution in [2.24, 2.45) is 10.5 Å². The number of hydrogen-bond donors (Lipinski definition) is 1. The maximum absolute atomic E-state index is 12.0. The first kappa shape index (κ1) is 20.2. The molecule has 0 fully saturated rings. The van der Waals surface area contributed by atoms with E-state index in [9.17, 15) is 4.79 Å². The number of rotatable bonds is 7. The molecule has 0 aliphatic carbocycles. The van der Waals surface area contributed by atoms with Crippen LogP contribution in [0, 0.1) is 5.41 Å². The van der Waals surface area contributed by atoms with Crippen LogP contribution < -0.4 is 14.9 Å². The fraction of sp³-hybridized carbons (Fsp3) is 0.412. The van der Waals surface area contributed by atoms with Gasteiger partial charge in [0.2, 0.25) is 11.8 Å². The van der Waals surface area contributed by atoms with Gasteiger partial charge in [0.05, 0.1) is 30.4 Å². The maximum Gasteiger partial charge on any atom is 0.281 e. The summed E-state index contributed by atoms with van der Waals surface area (Å²) in [6.07, 6.45) is 1.70. The van der Waals surface area contributed by atoms with E-state index in [1.807, 2.05) is 11.4 Å². The number of nitrogens with zero attached hydrogens (tertiary/aromatic N) is 3. The second-order valence-corrected chi connectivity index (χ2v) is 8.39. The Morgan fingerprint density at radius 1 is 1.31 bits per heavy atom. The molecule has 140 valence electrons. The van der Waals surface area contributed by atoms with Crippen LogP contribution in [0.15, 0.2) is 33.8 Å². The van der Waals surface area contributed by atoms with Gasteiger partial charge in [-0.2, -0.15) is 15.1 Å².